The first kappa shape index (κ1) is 18.9. The fourth-order valence-corrected chi connectivity index (χ4v) is 2.94. The second kappa shape index (κ2) is 9.21. The monoisotopic (exact) mass is 370 g/mol. The molecule has 0 spiro atoms. The number of carbonyl (C=O) groups excluding carboxylic acids is 1. The highest BCUT2D eigenvalue weighted by Crippen LogP contribution is 2.18. The first-order valence-electron chi connectivity index (χ1n) is 9.29. The number of hydrogen-bond acceptors (Lipinski definition) is 6. The third-order valence-corrected chi connectivity index (χ3v) is 4.66. The summed E-state index contributed by atoms with van der Waals surface area (Å²) in [5, 5.41) is 3.10. The van der Waals surface area contributed by atoms with E-state index in [9.17, 15) is 4.79 Å². The molecule has 7 nitrogen and oxygen atoms in total. The molecule has 2 heterocycles. The molecule has 1 amide bonds. The second-order valence-corrected chi connectivity index (χ2v) is 6.69. The molecule has 0 atom stereocenters. The van der Waals surface area contributed by atoms with Crippen molar-refractivity contribution >= 4 is 11.9 Å². The minimum Gasteiger partial charge on any atom is -0.497 e. The van der Waals surface area contributed by atoms with Gasteiger partial charge in [-0.2, -0.15) is 0 Å². The van der Waals surface area contributed by atoms with Crippen molar-refractivity contribution in [1.82, 2.24) is 14.9 Å². The molecule has 1 fully saturated rings. The number of methoxy groups -OCH3 is 1. The number of anilines is 1. The van der Waals surface area contributed by atoms with Gasteiger partial charge in [0.25, 0.3) is 5.91 Å². The van der Waals surface area contributed by atoms with Gasteiger partial charge in [0.1, 0.15) is 23.8 Å². The van der Waals surface area contributed by atoms with E-state index < -0.39 is 0 Å². The Hall–Kier alpha value is -2.83. The Balaban J connectivity index is 1.47. The predicted octanol–water partition coefficient (Wildman–Crippen LogP) is 2.85. The summed E-state index contributed by atoms with van der Waals surface area (Å²) in [5.41, 5.74) is 0.429. The van der Waals surface area contributed by atoms with Crippen LogP contribution in [0.2, 0.25) is 0 Å². The first-order valence-corrected chi connectivity index (χ1v) is 9.29. The van der Waals surface area contributed by atoms with E-state index in [1.165, 1.54) is 0 Å². The van der Waals surface area contributed by atoms with E-state index in [0.29, 0.717) is 30.7 Å². The maximum Gasteiger partial charge on any atom is 0.272 e. The second-order valence-electron chi connectivity index (χ2n) is 6.69. The van der Waals surface area contributed by atoms with Crippen LogP contribution in [0.3, 0.4) is 0 Å². The van der Waals surface area contributed by atoms with Crippen LogP contribution in [0, 0.1) is 5.92 Å². The zero-order valence-corrected chi connectivity index (χ0v) is 15.9. The van der Waals surface area contributed by atoms with Gasteiger partial charge in [0, 0.05) is 19.3 Å². The SMILES string of the molecule is COc1ccc(OCCNc2nccc(C(=O)N3CCC(C)CC3)n2)cc1. The van der Waals surface area contributed by atoms with Crippen LogP contribution in [-0.4, -0.2) is 54.1 Å². The number of aromatic nitrogens is 2. The van der Waals surface area contributed by atoms with Crippen LogP contribution in [0.4, 0.5) is 5.95 Å². The zero-order valence-electron chi connectivity index (χ0n) is 15.9. The molecule has 0 radical (unpaired) electrons. The van der Waals surface area contributed by atoms with Gasteiger partial charge >= 0.3 is 0 Å². The molecule has 1 aliphatic heterocycles. The molecule has 0 saturated carbocycles. The Morgan fingerprint density at radius 3 is 2.59 bits per heavy atom. The quantitative estimate of drug-likeness (QED) is 0.755. The Morgan fingerprint density at radius 2 is 1.89 bits per heavy atom. The van der Waals surface area contributed by atoms with Crippen LogP contribution in [0.1, 0.15) is 30.3 Å². The number of rotatable bonds is 7. The van der Waals surface area contributed by atoms with Crippen LogP contribution in [0.15, 0.2) is 36.5 Å². The van der Waals surface area contributed by atoms with Crippen molar-refractivity contribution in [3.8, 4) is 11.5 Å². The van der Waals surface area contributed by atoms with E-state index in [-0.39, 0.29) is 5.91 Å². The van der Waals surface area contributed by atoms with Gasteiger partial charge in [0.2, 0.25) is 5.95 Å². The Labute approximate surface area is 159 Å². The molecular formula is C20H26N4O3. The minimum absolute atomic E-state index is 0.0261. The molecule has 0 unspecified atom stereocenters. The van der Waals surface area contributed by atoms with Crippen molar-refractivity contribution in [2.75, 3.05) is 38.7 Å². The molecule has 3 rings (SSSR count). The predicted molar refractivity (Wildman–Crippen MR) is 103 cm³/mol. The third-order valence-electron chi connectivity index (χ3n) is 4.66. The van der Waals surface area contributed by atoms with Gasteiger partial charge in [0.05, 0.1) is 13.7 Å². The van der Waals surface area contributed by atoms with Crippen molar-refractivity contribution in [2.24, 2.45) is 5.92 Å². The number of nitrogens with one attached hydrogen (secondary N) is 1. The molecule has 2 aromatic rings. The molecular weight excluding hydrogens is 344 g/mol. The number of ether oxygens (including phenoxy) is 2. The molecule has 1 aromatic carbocycles. The van der Waals surface area contributed by atoms with Gasteiger partial charge in [-0.3, -0.25) is 4.79 Å². The summed E-state index contributed by atoms with van der Waals surface area (Å²) in [6.07, 6.45) is 3.70. The standard InChI is InChI=1S/C20H26N4O3/c1-15-8-12-24(13-9-15)19(25)18-7-10-21-20(23-18)22-11-14-27-17-5-3-16(26-2)4-6-17/h3-7,10,15H,8-9,11-14H2,1-2H3,(H,21,22,23). The number of likely N-dealkylation sites (tertiary alicyclic amines) is 1. The van der Waals surface area contributed by atoms with Gasteiger partial charge in [-0.05, 0) is 49.1 Å². The Bertz CT molecular complexity index is 743. The lowest BCUT2D eigenvalue weighted by molar-refractivity contribution is 0.0691. The van der Waals surface area contributed by atoms with Gasteiger partial charge in [-0.15, -0.1) is 0 Å². The third kappa shape index (κ3) is 5.32. The van der Waals surface area contributed by atoms with E-state index in [4.69, 9.17) is 9.47 Å². The largest absolute Gasteiger partial charge is 0.497 e. The molecule has 27 heavy (non-hydrogen) atoms. The van der Waals surface area contributed by atoms with E-state index >= 15 is 0 Å². The van der Waals surface area contributed by atoms with Crippen molar-refractivity contribution in [2.45, 2.75) is 19.8 Å². The highest BCUT2D eigenvalue weighted by atomic mass is 16.5. The van der Waals surface area contributed by atoms with Gasteiger partial charge < -0.3 is 19.7 Å². The number of hydrogen-bond donors (Lipinski definition) is 1. The maximum absolute atomic E-state index is 12.6. The molecule has 1 saturated heterocycles. The summed E-state index contributed by atoms with van der Waals surface area (Å²) in [6.45, 7) is 4.80. The van der Waals surface area contributed by atoms with Crippen LogP contribution in [-0.2, 0) is 0 Å². The zero-order chi connectivity index (χ0) is 19.1. The lowest BCUT2D eigenvalue weighted by Crippen LogP contribution is -2.38. The van der Waals surface area contributed by atoms with Crippen LogP contribution in [0.5, 0.6) is 11.5 Å². The van der Waals surface area contributed by atoms with E-state index in [1.54, 1.807) is 19.4 Å². The topological polar surface area (TPSA) is 76.6 Å². The Kier molecular flexibility index (Phi) is 6.46. The van der Waals surface area contributed by atoms with E-state index in [2.05, 4.69) is 22.2 Å². The molecule has 7 heteroatoms. The molecule has 0 aliphatic carbocycles. The summed E-state index contributed by atoms with van der Waals surface area (Å²) in [5.74, 6) is 2.65. The van der Waals surface area contributed by atoms with Crippen molar-refractivity contribution in [1.29, 1.82) is 0 Å². The highest BCUT2D eigenvalue weighted by molar-refractivity contribution is 5.92. The highest BCUT2D eigenvalue weighted by Gasteiger charge is 2.22. The fraction of sp³-hybridized carbons (Fsp3) is 0.450. The van der Waals surface area contributed by atoms with Crippen molar-refractivity contribution in [3.63, 3.8) is 0 Å². The number of carbonyl (C=O) groups is 1. The number of piperidine rings is 1. The molecule has 1 aromatic heterocycles. The van der Waals surface area contributed by atoms with E-state index in [1.807, 2.05) is 29.2 Å². The summed E-state index contributed by atoms with van der Waals surface area (Å²) >= 11 is 0. The lowest BCUT2D eigenvalue weighted by atomic mass is 9.99. The van der Waals surface area contributed by atoms with Gasteiger partial charge in [0.15, 0.2) is 0 Å². The van der Waals surface area contributed by atoms with E-state index in [0.717, 1.165) is 37.4 Å². The van der Waals surface area contributed by atoms with Crippen molar-refractivity contribution in [3.05, 3.63) is 42.2 Å². The number of nitrogens with zero attached hydrogens (tertiary/aromatic N) is 3. The van der Waals surface area contributed by atoms with Crippen LogP contribution < -0.4 is 14.8 Å². The normalized spacial score (nSPS) is 14.7. The molecule has 0 bridgehead atoms. The fourth-order valence-electron chi connectivity index (χ4n) is 2.94. The summed E-state index contributed by atoms with van der Waals surface area (Å²) in [6, 6.07) is 9.08. The summed E-state index contributed by atoms with van der Waals surface area (Å²) in [7, 11) is 1.63. The van der Waals surface area contributed by atoms with Crippen LogP contribution in [0.25, 0.3) is 0 Å². The van der Waals surface area contributed by atoms with Crippen LogP contribution >= 0.6 is 0 Å². The van der Waals surface area contributed by atoms with Gasteiger partial charge in [-0.25, -0.2) is 9.97 Å². The molecule has 144 valence electrons. The number of benzene rings is 1. The van der Waals surface area contributed by atoms with Crippen molar-refractivity contribution < 1.29 is 14.3 Å². The average molecular weight is 370 g/mol. The molecule has 1 aliphatic rings. The van der Waals surface area contributed by atoms with Gasteiger partial charge in [-0.1, -0.05) is 6.92 Å². The summed E-state index contributed by atoms with van der Waals surface area (Å²) in [4.78, 5) is 23.0. The molecule has 1 N–H and O–H groups in total. The maximum atomic E-state index is 12.6. The minimum atomic E-state index is -0.0261. The smallest absolute Gasteiger partial charge is 0.272 e. The first-order chi connectivity index (χ1) is 13.2. The summed E-state index contributed by atoms with van der Waals surface area (Å²) < 4.78 is 10.8. The number of amides is 1. The average Bonchev–Trinajstić information content (AvgIpc) is 2.72. The lowest BCUT2D eigenvalue weighted by Gasteiger charge is -2.30. The Morgan fingerprint density at radius 1 is 1.19 bits per heavy atom.